The van der Waals surface area contributed by atoms with Gasteiger partial charge >= 0.3 is 5.97 Å². The van der Waals surface area contributed by atoms with Gasteiger partial charge in [-0.05, 0) is 37.1 Å². The van der Waals surface area contributed by atoms with E-state index in [4.69, 9.17) is 10.8 Å². The predicted molar refractivity (Wildman–Crippen MR) is 89.5 cm³/mol. The van der Waals surface area contributed by atoms with Crippen LogP contribution in [0.2, 0.25) is 0 Å². The Labute approximate surface area is 135 Å². The molecule has 0 spiro atoms. The SMILES string of the molecule is CCCCC(C)CC(CNC(=O)CC(C)CCN)CC(=O)O. The molecule has 1 amide bonds. The van der Waals surface area contributed by atoms with Gasteiger partial charge in [0.25, 0.3) is 0 Å². The first kappa shape index (κ1) is 20.9. The Kier molecular flexibility index (Phi) is 11.8. The van der Waals surface area contributed by atoms with Crippen molar-refractivity contribution in [2.45, 2.75) is 65.7 Å². The van der Waals surface area contributed by atoms with E-state index in [-0.39, 0.29) is 24.2 Å². The van der Waals surface area contributed by atoms with Crippen LogP contribution in [0, 0.1) is 17.8 Å². The van der Waals surface area contributed by atoms with Gasteiger partial charge in [0.05, 0.1) is 0 Å². The number of aliphatic carboxylic acids is 1. The lowest BCUT2D eigenvalue weighted by molar-refractivity contribution is -0.138. The molecule has 0 aliphatic rings. The van der Waals surface area contributed by atoms with Crippen LogP contribution in [-0.4, -0.2) is 30.1 Å². The van der Waals surface area contributed by atoms with Crippen LogP contribution in [0.25, 0.3) is 0 Å². The number of hydrogen-bond donors (Lipinski definition) is 3. The highest BCUT2D eigenvalue weighted by atomic mass is 16.4. The standard InChI is InChI=1S/C17H34N2O3/c1-4-5-6-13(2)9-15(11-17(21)22)12-19-16(20)10-14(3)7-8-18/h13-15H,4-12,18H2,1-3H3,(H,19,20)(H,21,22). The molecule has 0 aliphatic carbocycles. The minimum absolute atomic E-state index is 0.00227. The minimum Gasteiger partial charge on any atom is -0.481 e. The van der Waals surface area contributed by atoms with Crippen molar-refractivity contribution in [3.05, 3.63) is 0 Å². The zero-order valence-corrected chi connectivity index (χ0v) is 14.4. The number of carbonyl (C=O) groups excluding carboxylic acids is 1. The van der Waals surface area contributed by atoms with Crippen molar-refractivity contribution in [2.75, 3.05) is 13.1 Å². The van der Waals surface area contributed by atoms with E-state index in [1.807, 2.05) is 6.92 Å². The summed E-state index contributed by atoms with van der Waals surface area (Å²) in [4.78, 5) is 22.9. The third-order valence-corrected chi connectivity index (χ3v) is 4.03. The van der Waals surface area contributed by atoms with Crippen molar-refractivity contribution in [3.63, 3.8) is 0 Å². The second-order valence-electron chi connectivity index (χ2n) is 6.64. The van der Waals surface area contributed by atoms with Crippen LogP contribution in [0.4, 0.5) is 0 Å². The summed E-state index contributed by atoms with van der Waals surface area (Å²) in [5.41, 5.74) is 5.48. The van der Waals surface area contributed by atoms with Crippen LogP contribution in [0.1, 0.15) is 65.7 Å². The molecule has 0 saturated carbocycles. The highest BCUT2D eigenvalue weighted by Crippen LogP contribution is 2.20. The molecule has 5 nitrogen and oxygen atoms in total. The van der Waals surface area contributed by atoms with Crippen LogP contribution in [-0.2, 0) is 9.59 Å². The molecule has 0 aliphatic heterocycles. The molecule has 3 unspecified atom stereocenters. The number of rotatable bonds is 13. The van der Waals surface area contributed by atoms with Crippen LogP contribution in [0.5, 0.6) is 0 Å². The van der Waals surface area contributed by atoms with Gasteiger partial charge in [0.2, 0.25) is 5.91 Å². The Balaban J connectivity index is 4.23. The molecule has 22 heavy (non-hydrogen) atoms. The number of carboxylic acid groups (broad SMARTS) is 1. The zero-order chi connectivity index (χ0) is 17.0. The smallest absolute Gasteiger partial charge is 0.303 e. The summed E-state index contributed by atoms with van der Waals surface area (Å²) in [5, 5.41) is 11.9. The average Bonchev–Trinajstić information content (AvgIpc) is 2.42. The summed E-state index contributed by atoms with van der Waals surface area (Å²) in [5.74, 6) is -0.0159. The van der Waals surface area contributed by atoms with Crippen molar-refractivity contribution in [1.82, 2.24) is 5.32 Å². The molecule has 0 aromatic heterocycles. The molecule has 0 rings (SSSR count). The maximum absolute atomic E-state index is 11.9. The van der Waals surface area contributed by atoms with Gasteiger partial charge in [0.1, 0.15) is 0 Å². The third kappa shape index (κ3) is 11.5. The van der Waals surface area contributed by atoms with Crippen molar-refractivity contribution in [2.24, 2.45) is 23.5 Å². The second-order valence-corrected chi connectivity index (χ2v) is 6.64. The van der Waals surface area contributed by atoms with E-state index < -0.39 is 5.97 Å². The molecule has 0 bridgehead atoms. The molecule has 130 valence electrons. The summed E-state index contributed by atoms with van der Waals surface area (Å²) in [6.07, 6.45) is 5.71. The van der Waals surface area contributed by atoms with E-state index in [2.05, 4.69) is 19.2 Å². The van der Waals surface area contributed by atoms with Gasteiger partial charge in [-0.3, -0.25) is 9.59 Å². The predicted octanol–water partition coefficient (Wildman–Crippen LogP) is 2.78. The first-order valence-electron chi connectivity index (χ1n) is 8.57. The molecular weight excluding hydrogens is 280 g/mol. The normalized spacial score (nSPS) is 15.1. The summed E-state index contributed by atoms with van der Waals surface area (Å²) in [6.45, 7) is 7.37. The van der Waals surface area contributed by atoms with E-state index >= 15 is 0 Å². The number of unbranched alkanes of at least 4 members (excludes halogenated alkanes) is 1. The van der Waals surface area contributed by atoms with E-state index in [0.717, 1.165) is 25.7 Å². The number of nitrogens with one attached hydrogen (secondary N) is 1. The molecule has 0 saturated heterocycles. The van der Waals surface area contributed by atoms with E-state index in [9.17, 15) is 9.59 Å². The Bertz CT molecular complexity index is 321. The molecular formula is C17H34N2O3. The second kappa shape index (κ2) is 12.4. The highest BCUT2D eigenvalue weighted by molar-refractivity contribution is 5.76. The largest absolute Gasteiger partial charge is 0.481 e. The van der Waals surface area contributed by atoms with Gasteiger partial charge in [-0.25, -0.2) is 0 Å². The highest BCUT2D eigenvalue weighted by Gasteiger charge is 2.18. The molecule has 0 aromatic rings. The summed E-state index contributed by atoms with van der Waals surface area (Å²) < 4.78 is 0. The Morgan fingerprint density at radius 2 is 1.82 bits per heavy atom. The molecule has 0 heterocycles. The van der Waals surface area contributed by atoms with Crippen LogP contribution in [0.15, 0.2) is 0 Å². The summed E-state index contributed by atoms with van der Waals surface area (Å²) in [6, 6.07) is 0. The molecule has 4 N–H and O–H groups in total. The van der Waals surface area contributed by atoms with Crippen molar-refractivity contribution >= 4 is 11.9 Å². The van der Waals surface area contributed by atoms with Gasteiger partial charge in [-0.1, -0.05) is 40.0 Å². The van der Waals surface area contributed by atoms with Gasteiger partial charge in [-0.2, -0.15) is 0 Å². The van der Waals surface area contributed by atoms with Crippen LogP contribution >= 0.6 is 0 Å². The zero-order valence-electron chi connectivity index (χ0n) is 14.4. The minimum atomic E-state index is -0.793. The lowest BCUT2D eigenvalue weighted by Crippen LogP contribution is -2.32. The van der Waals surface area contributed by atoms with Crippen molar-refractivity contribution < 1.29 is 14.7 Å². The monoisotopic (exact) mass is 314 g/mol. The number of amides is 1. The lowest BCUT2D eigenvalue weighted by Gasteiger charge is -2.20. The van der Waals surface area contributed by atoms with E-state index in [0.29, 0.717) is 25.4 Å². The van der Waals surface area contributed by atoms with Gasteiger partial charge in [0.15, 0.2) is 0 Å². The molecule has 5 heteroatoms. The van der Waals surface area contributed by atoms with Gasteiger partial charge in [0, 0.05) is 19.4 Å². The van der Waals surface area contributed by atoms with Gasteiger partial charge < -0.3 is 16.2 Å². The number of carbonyl (C=O) groups is 2. The average molecular weight is 314 g/mol. The van der Waals surface area contributed by atoms with Crippen LogP contribution < -0.4 is 11.1 Å². The Morgan fingerprint density at radius 3 is 2.36 bits per heavy atom. The molecule has 0 radical (unpaired) electrons. The molecule has 3 atom stereocenters. The first-order valence-corrected chi connectivity index (χ1v) is 8.57. The Morgan fingerprint density at radius 1 is 1.14 bits per heavy atom. The van der Waals surface area contributed by atoms with Crippen molar-refractivity contribution in [1.29, 1.82) is 0 Å². The maximum Gasteiger partial charge on any atom is 0.303 e. The number of hydrogen-bond acceptors (Lipinski definition) is 3. The maximum atomic E-state index is 11.9. The quantitative estimate of drug-likeness (QED) is 0.487. The van der Waals surface area contributed by atoms with Crippen molar-refractivity contribution in [3.8, 4) is 0 Å². The first-order chi connectivity index (χ1) is 10.4. The fourth-order valence-electron chi connectivity index (χ4n) is 2.76. The fourth-order valence-corrected chi connectivity index (χ4v) is 2.76. The molecule has 0 fully saturated rings. The summed E-state index contributed by atoms with van der Waals surface area (Å²) in [7, 11) is 0. The fraction of sp³-hybridized carbons (Fsp3) is 0.882. The number of nitrogens with two attached hydrogens (primary N) is 1. The van der Waals surface area contributed by atoms with E-state index in [1.54, 1.807) is 0 Å². The van der Waals surface area contributed by atoms with Crippen LogP contribution in [0.3, 0.4) is 0 Å². The third-order valence-electron chi connectivity index (χ3n) is 4.03. The van der Waals surface area contributed by atoms with E-state index in [1.165, 1.54) is 6.42 Å². The summed E-state index contributed by atoms with van der Waals surface area (Å²) >= 11 is 0. The lowest BCUT2D eigenvalue weighted by atomic mass is 9.90. The Hall–Kier alpha value is -1.10. The van der Waals surface area contributed by atoms with Gasteiger partial charge in [-0.15, -0.1) is 0 Å². The topological polar surface area (TPSA) is 92.4 Å². The molecule has 0 aromatic carbocycles. The number of carboxylic acids is 1.